The van der Waals surface area contributed by atoms with Gasteiger partial charge in [0.05, 0.1) is 6.54 Å². The van der Waals surface area contributed by atoms with Crippen LogP contribution in [-0.2, 0) is 11.3 Å². The predicted molar refractivity (Wildman–Crippen MR) is 66.1 cm³/mol. The first-order chi connectivity index (χ1) is 7.67. The molecule has 1 amide bonds. The Labute approximate surface area is 101 Å². The van der Waals surface area contributed by atoms with Gasteiger partial charge in [0.1, 0.15) is 5.88 Å². The molecule has 1 rings (SSSR count). The van der Waals surface area contributed by atoms with Gasteiger partial charge in [-0.05, 0) is 12.5 Å². The molecule has 2 nitrogen and oxygen atoms in total. The summed E-state index contributed by atoms with van der Waals surface area (Å²) in [5, 5.41) is 0. The summed E-state index contributed by atoms with van der Waals surface area (Å²) in [6.07, 6.45) is 5.21. The van der Waals surface area contributed by atoms with Crippen LogP contribution in [0.5, 0.6) is 0 Å². The Balaban J connectivity index is 2.72. The van der Waals surface area contributed by atoms with E-state index in [-0.39, 0.29) is 11.8 Å². The normalized spacial score (nSPS) is 9.56. The van der Waals surface area contributed by atoms with E-state index >= 15 is 0 Å². The zero-order valence-electron chi connectivity index (χ0n) is 9.24. The van der Waals surface area contributed by atoms with Gasteiger partial charge in [0.25, 0.3) is 0 Å². The molecule has 0 aliphatic rings. The van der Waals surface area contributed by atoms with Crippen molar-refractivity contribution in [3.8, 4) is 12.3 Å². The molecule has 0 aliphatic heterocycles. The van der Waals surface area contributed by atoms with Crippen molar-refractivity contribution in [1.29, 1.82) is 0 Å². The number of halogens is 1. The first-order valence-corrected chi connectivity index (χ1v) is 5.53. The molecule has 16 heavy (non-hydrogen) atoms. The van der Waals surface area contributed by atoms with Crippen molar-refractivity contribution >= 4 is 17.5 Å². The first kappa shape index (κ1) is 12.6. The fourth-order valence-corrected chi connectivity index (χ4v) is 1.51. The number of aryl methyl sites for hydroxylation is 1. The van der Waals surface area contributed by atoms with Gasteiger partial charge in [0, 0.05) is 6.54 Å². The monoisotopic (exact) mass is 235 g/mol. The quantitative estimate of drug-likeness (QED) is 0.579. The summed E-state index contributed by atoms with van der Waals surface area (Å²) in [5.41, 5.74) is 2.25. The van der Waals surface area contributed by atoms with Crippen LogP contribution in [-0.4, -0.2) is 23.2 Å². The molecule has 3 heteroatoms. The highest BCUT2D eigenvalue weighted by atomic mass is 35.5. The van der Waals surface area contributed by atoms with Crippen LogP contribution in [0.15, 0.2) is 24.3 Å². The number of amides is 1. The van der Waals surface area contributed by atoms with E-state index in [4.69, 9.17) is 18.0 Å². The molecule has 0 atom stereocenters. The van der Waals surface area contributed by atoms with Gasteiger partial charge < -0.3 is 4.90 Å². The fourth-order valence-electron chi connectivity index (χ4n) is 1.34. The molecule has 0 fully saturated rings. The average molecular weight is 236 g/mol. The van der Waals surface area contributed by atoms with E-state index in [2.05, 4.69) is 5.92 Å². The van der Waals surface area contributed by atoms with Crippen molar-refractivity contribution in [1.82, 2.24) is 4.90 Å². The Morgan fingerprint density at radius 1 is 1.44 bits per heavy atom. The molecule has 0 saturated carbocycles. The lowest BCUT2D eigenvalue weighted by Gasteiger charge is -2.19. The number of terminal acetylenes is 1. The molecular formula is C13H14ClNO. The third-order valence-electron chi connectivity index (χ3n) is 2.24. The van der Waals surface area contributed by atoms with Crippen LogP contribution in [0.4, 0.5) is 0 Å². The highest BCUT2D eigenvalue weighted by Gasteiger charge is 2.11. The van der Waals surface area contributed by atoms with Crippen LogP contribution in [0, 0.1) is 19.3 Å². The number of hydrogen-bond acceptors (Lipinski definition) is 1. The smallest absolute Gasteiger partial charge is 0.238 e. The van der Waals surface area contributed by atoms with E-state index in [0.717, 1.165) is 5.56 Å². The molecule has 0 N–H and O–H groups in total. The van der Waals surface area contributed by atoms with Crippen molar-refractivity contribution in [2.24, 2.45) is 0 Å². The third kappa shape index (κ3) is 3.60. The number of hydrogen-bond donors (Lipinski definition) is 0. The Morgan fingerprint density at radius 2 is 2.06 bits per heavy atom. The van der Waals surface area contributed by atoms with E-state index in [9.17, 15) is 4.79 Å². The van der Waals surface area contributed by atoms with E-state index in [0.29, 0.717) is 13.1 Å². The van der Waals surface area contributed by atoms with E-state index in [1.54, 1.807) is 4.90 Å². The highest BCUT2D eigenvalue weighted by Crippen LogP contribution is 2.07. The molecule has 0 heterocycles. The molecular weight excluding hydrogens is 222 g/mol. The SMILES string of the molecule is C#CCN(Cc1ccc(C)cc1)C(=O)CCl. The van der Waals surface area contributed by atoms with Gasteiger partial charge in [-0.3, -0.25) is 4.79 Å². The first-order valence-electron chi connectivity index (χ1n) is 5.00. The van der Waals surface area contributed by atoms with Gasteiger partial charge in [-0.15, -0.1) is 18.0 Å². The Morgan fingerprint density at radius 3 is 2.56 bits per heavy atom. The van der Waals surface area contributed by atoms with Crippen LogP contribution < -0.4 is 0 Å². The minimum atomic E-state index is -0.139. The van der Waals surface area contributed by atoms with Crippen LogP contribution in [0.25, 0.3) is 0 Å². The van der Waals surface area contributed by atoms with Gasteiger partial charge in [-0.1, -0.05) is 35.7 Å². The zero-order chi connectivity index (χ0) is 12.0. The molecule has 84 valence electrons. The van der Waals surface area contributed by atoms with E-state index in [1.807, 2.05) is 31.2 Å². The number of rotatable bonds is 4. The zero-order valence-corrected chi connectivity index (χ0v) is 10.00. The number of alkyl halides is 1. The Bertz CT molecular complexity index is 391. The number of benzene rings is 1. The van der Waals surface area contributed by atoms with Gasteiger partial charge in [0.2, 0.25) is 5.91 Å². The largest absolute Gasteiger partial charge is 0.326 e. The summed E-state index contributed by atoms with van der Waals surface area (Å²) in [7, 11) is 0. The lowest BCUT2D eigenvalue weighted by atomic mass is 10.1. The average Bonchev–Trinajstić information content (AvgIpc) is 2.30. The summed E-state index contributed by atoms with van der Waals surface area (Å²) < 4.78 is 0. The van der Waals surface area contributed by atoms with Crippen molar-refractivity contribution in [3.05, 3.63) is 35.4 Å². The summed E-state index contributed by atoms with van der Waals surface area (Å²) in [4.78, 5) is 13.0. The van der Waals surface area contributed by atoms with E-state index in [1.165, 1.54) is 5.56 Å². The number of carbonyl (C=O) groups excluding carboxylic acids is 1. The van der Waals surface area contributed by atoms with Gasteiger partial charge >= 0.3 is 0 Å². The Kier molecular flexibility index (Phi) is 4.88. The van der Waals surface area contributed by atoms with Gasteiger partial charge in [-0.25, -0.2) is 0 Å². The molecule has 0 unspecified atom stereocenters. The standard InChI is InChI=1S/C13H14ClNO/c1-3-8-15(13(16)9-14)10-12-6-4-11(2)5-7-12/h1,4-7H,8-10H2,2H3. The molecule has 0 radical (unpaired) electrons. The summed E-state index contributed by atoms with van der Waals surface area (Å²) in [6.45, 7) is 2.82. The van der Waals surface area contributed by atoms with E-state index < -0.39 is 0 Å². The molecule has 0 bridgehead atoms. The van der Waals surface area contributed by atoms with Gasteiger partial charge in [0.15, 0.2) is 0 Å². The minimum absolute atomic E-state index is 0.0342. The maximum Gasteiger partial charge on any atom is 0.238 e. The second kappa shape index (κ2) is 6.19. The minimum Gasteiger partial charge on any atom is -0.326 e. The molecule has 1 aromatic rings. The maximum atomic E-state index is 11.5. The van der Waals surface area contributed by atoms with Crippen LogP contribution >= 0.6 is 11.6 Å². The summed E-state index contributed by atoms with van der Waals surface area (Å²) in [6, 6.07) is 7.99. The Hall–Kier alpha value is -1.46. The van der Waals surface area contributed by atoms with Crippen molar-refractivity contribution in [3.63, 3.8) is 0 Å². The summed E-state index contributed by atoms with van der Waals surface area (Å²) >= 11 is 5.51. The molecule has 0 spiro atoms. The molecule has 0 saturated heterocycles. The van der Waals surface area contributed by atoms with Crippen LogP contribution in [0.3, 0.4) is 0 Å². The van der Waals surface area contributed by atoms with Crippen molar-refractivity contribution < 1.29 is 4.79 Å². The highest BCUT2D eigenvalue weighted by molar-refractivity contribution is 6.27. The summed E-state index contributed by atoms with van der Waals surface area (Å²) in [5.74, 6) is 2.29. The van der Waals surface area contributed by atoms with Gasteiger partial charge in [-0.2, -0.15) is 0 Å². The van der Waals surface area contributed by atoms with Crippen molar-refractivity contribution in [2.75, 3.05) is 12.4 Å². The molecule has 1 aromatic carbocycles. The number of carbonyl (C=O) groups is 1. The fraction of sp³-hybridized carbons (Fsp3) is 0.308. The van der Waals surface area contributed by atoms with Crippen LogP contribution in [0.1, 0.15) is 11.1 Å². The lowest BCUT2D eigenvalue weighted by Crippen LogP contribution is -2.31. The van der Waals surface area contributed by atoms with Crippen molar-refractivity contribution in [2.45, 2.75) is 13.5 Å². The third-order valence-corrected chi connectivity index (χ3v) is 2.47. The van der Waals surface area contributed by atoms with Crippen LogP contribution in [0.2, 0.25) is 0 Å². The topological polar surface area (TPSA) is 20.3 Å². The second-order valence-electron chi connectivity index (χ2n) is 3.57. The lowest BCUT2D eigenvalue weighted by molar-refractivity contribution is -0.128. The number of nitrogens with zero attached hydrogens (tertiary/aromatic N) is 1. The molecule has 0 aromatic heterocycles. The predicted octanol–water partition coefficient (Wildman–Crippen LogP) is 2.20. The molecule has 0 aliphatic carbocycles. The maximum absolute atomic E-state index is 11.5. The second-order valence-corrected chi connectivity index (χ2v) is 3.84.